The van der Waals surface area contributed by atoms with Gasteiger partial charge in [-0.25, -0.2) is 4.79 Å². The third-order valence-corrected chi connectivity index (χ3v) is 9.01. The van der Waals surface area contributed by atoms with Crippen LogP contribution in [0.15, 0.2) is 0 Å². The van der Waals surface area contributed by atoms with E-state index in [9.17, 15) is 29.4 Å². The smallest absolute Gasteiger partial charge is 0.327 e. The van der Waals surface area contributed by atoms with Gasteiger partial charge in [-0.1, -0.05) is 57.8 Å². The molecule has 0 saturated carbocycles. The molecule has 0 spiro atoms. The maximum Gasteiger partial charge on any atom is 0.327 e. The highest BCUT2D eigenvalue weighted by Gasteiger charge is 2.41. The van der Waals surface area contributed by atoms with Crippen molar-refractivity contribution in [2.75, 3.05) is 23.0 Å². The second kappa shape index (κ2) is 9.73. The summed E-state index contributed by atoms with van der Waals surface area (Å²) in [5, 5.41) is 18.8. The number of thioether (sulfide) groups is 2. The maximum absolute atomic E-state index is 11.9. The van der Waals surface area contributed by atoms with E-state index in [1.54, 1.807) is 0 Å². The van der Waals surface area contributed by atoms with Crippen molar-refractivity contribution in [3.8, 4) is 0 Å². The molecule has 0 aromatic carbocycles. The zero-order valence-electron chi connectivity index (χ0n) is 13.0. The molecule has 2 N–H and O–H groups in total. The summed E-state index contributed by atoms with van der Waals surface area (Å²) in [6.07, 6.45) is 0. The molecule has 13 heteroatoms. The average molecular weight is 472 g/mol. The average Bonchev–Trinajstić information content (AvgIpc) is 3.06. The van der Waals surface area contributed by atoms with Gasteiger partial charge in [0.25, 0.3) is 0 Å². The predicted octanol–water partition coefficient (Wildman–Crippen LogP) is 1.64. The van der Waals surface area contributed by atoms with Crippen LogP contribution in [0.3, 0.4) is 0 Å². The zero-order valence-corrected chi connectivity index (χ0v) is 17.9. The fraction of sp³-hybridized carbons (Fsp3) is 0.538. The zero-order chi connectivity index (χ0) is 19.4. The van der Waals surface area contributed by atoms with Crippen LogP contribution < -0.4 is 0 Å². The molecule has 2 rings (SSSR count). The molecule has 0 aliphatic carbocycles. The van der Waals surface area contributed by atoms with Crippen molar-refractivity contribution in [2.24, 2.45) is 11.8 Å². The fourth-order valence-electron chi connectivity index (χ4n) is 2.31. The number of carbonyl (C=O) groups excluding carboxylic acids is 2. The number of amides is 1. The van der Waals surface area contributed by atoms with Crippen LogP contribution in [0.25, 0.3) is 0 Å². The monoisotopic (exact) mass is 471 g/mol. The van der Waals surface area contributed by atoms with E-state index in [-0.39, 0.29) is 39.0 Å². The highest BCUT2D eigenvalue weighted by atomic mass is 33.1. The molecule has 26 heavy (non-hydrogen) atoms. The van der Waals surface area contributed by atoms with Crippen LogP contribution in [0, 0.1) is 11.8 Å². The Hall–Kier alpha value is -0.340. The first-order chi connectivity index (χ1) is 12.2. The Morgan fingerprint density at radius 2 is 1.77 bits per heavy atom. The molecule has 7 nitrogen and oxygen atoms in total. The second-order valence-corrected chi connectivity index (χ2v) is 11.1. The van der Waals surface area contributed by atoms with Crippen LogP contribution in [-0.4, -0.2) is 76.3 Å². The van der Waals surface area contributed by atoms with E-state index in [2.05, 4.69) is 0 Å². The van der Waals surface area contributed by atoms with Gasteiger partial charge in [0.15, 0.2) is 5.78 Å². The summed E-state index contributed by atoms with van der Waals surface area (Å²) in [7, 11) is 2.29. The van der Waals surface area contributed by atoms with Gasteiger partial charge in [0.1, 0.15) is 10.4 Å². The normalized spacial score (nSPS) is 22.8. The molecule has 2 aliphatic heterocycles. The lowest BCUT2D eigenvalue weighted by Crippen LogP contribution is -2.45. The minimum absolute atomic E-state index is 0.0522. The summed E-state index contributed by atoms with van der Waals surface area (Å²) in [6, 6.07) is -1.10. The Kier molecular flexibility index (Phi) is 8.22. The predicted molar refractivity (Wildman–Crippen MR) is 113 cm³/mol. The highest BCUT2D eigenvalue weighted by molar-refractivity contribution is 8.76. The number of aliphatic carboxylic acids is 2. The Balaban J connectivity index is 1.92. The van der Waals surface area contributed by atoms with Gasteiger partial charge < -0.3 is 10.2 Å². The molecule has 1 amide bonds. The van der Waals surface area contributed by atoms with Crippen molar-refractivity contribution in [2.45, 2.75) is 6.04 Å². The number of ketones is 1. The van der Waals surface area contributed by atoms with Crippen LogP contribution in [-0.2, 0) is 19.2 Å². The fourth-order valence-corrected chi connectivity index (χ4v) is 7.38. The Morgan fingerprint density at radius 3 is 2.23 bits per heavy atom. The van der Waals surface area contributed by atoms with Crippen molar-refractivity contribution in [1.82, 2.24) is 4.90 Å². The molecule has 142 valence electrons. The number of carboxylic acid groups (broad SMARTS) is 2. The topological polar surface area (TPSA) is 112 Å². The Labute approximate surface area is 176 Å². The first kappa shape index (κ1) is 22.0. The summed E-state index contributed by atoms with van der Waals surface area (Å²) in [5.41, 5.74) is 0. The van der Waals surface area contributed by atoms with E-state index < -0.39 is 29.8 Å². The van der Waals surface area contributed by atoms with Gasteiger partial charge in [-0.3, -0.25) is 19.3 Å². The van der Waals surface area contributed by atoms with Crippen molar-refractivity contribution in [3.05, 3.63) is 0 Å². The molecule has 0 radical (unpaired) electrons. The van der Waals surface area contributed by atoms with E-state index in [0.717, 1.165) is 38.2 Å². The Morgan fingerprint density at radius 1 is 1.12 bits per heavy atom. The molecule has 2 saturated heterocycles. The highest BCUT2D eigenvalue weighted by Crippen LogP contribution is 2.36. The maximum atomic E-state index is 11.9. The van der Waals surface area contributed by atoms with Gasteiger partial charge in [0.05, 0.1) is 27.5 Å². The lowest BCUT2D eigenvalue weighted by molar-refractivity contribution is -0.144. The lowest BCUT2D eigenvalue weighted by atomic mass is 9.92. The van der Waals surface area contributed by atoms with E-state index in [0.29, 0.717) is 4.20 Å². The van der Waals surface area contributed by atoms with Crippen LogP contribution in [0.2, 0.25) is 0 Å². The third-order valence-electron chi connectivity index (χ3n) is 3.62. The number of hydrogen-bond donors (Lipinski definition) is 2. The number of carboxylic acids is 2. The van der Waals surface area contributed by atoms with Gasteiger partial charge >= 0.3 is 11.9 Å². The number of thiocarbonyl (C=S) groups is 2. The molecular weight excluding hydrogens is 459 g/mol. The van der Waals surface area contributed by atoms with Gasteiger partial charge in [-0.05, 0) is 0 Å². The summed E-state index contributed by atoms with van der Waals surface area (Å²) >= 11 is 12.4. The van der Waals surface area contributed by atoms with Crippen LogP contribution >= 0.6 is 69.5 Å². The summed E-state index contributed by atoms with van der Waals surface area (Å²) in [6.45, 7) is 0. The number of hydrogen-bond acceptors (Lipinski definition) is 10. The van der Waals surface area contributed by atoms with Crippen LogP contribution in [0.4, 0.5) is 0 Å². The van der Waals surface area contributed by atoms with E-state index in [1.165, 1.54) is 11.8 Å². The quantitative estimate of drug-likeness (QED) is 0.290. The van der Waals surface area contributed by atoms with Crippen molar-refractivity contribution < 1.29 is 29.4 Å². The lowest BCUT2D eigenvalue weighted by Gasteiger charge is -2.23. The number of rotatable bonds is 9. The third kappa shape index (κ3) is 5.13. The number of carbonyl (C=O) groups is 4. The van der Waals surface area contributed by atoms with E-state index >= 15 is 0 Å². The van der Waals surface area contributed by atoms with Crippen LogP contribution in [0.5, 0.6) is 0 Å². The van der Waals surface area contributed by atoms with Crippen molar-refractivity contribution in [1.29, 1.82) is 0 Å². The second-order valence-electron chi connectivity index (χ2n) is 5.24. The van der Waals surface area contributed by atoms with E-state index in [4.69, 9.17) is 24.4 Å². The molecular formula is C13H13NO6S6. The first-order valence-electron chi connectivity index (χ1n) is 7.12. The number of Topliss-reactive ketones (excluding diaryl/α,β-unsaturated/α-hetero) is 1. The standard InChI is InChI=1S/C13H13NO6S6/c15-7-3-23-12(21)9(7)5(10(17)18)1-25-26-2-6(11(19)20)14-8(16)4-24-13(14)22/h5-6,9H,1-4H2,(H,17,18)(H,19,20)/t5-,6+,9-/m1/s1. The SMILES string of the molecule is O=C1CSC(=S)[C@@H]1[C@@H](CSSC[C@@H](C(=O)O)N1C(=O)CSC1=S)C(=O)O. The van der Waals surface area contributed by atoms with Crippen molar-refractivity contribution >= 4 is 102 Å². The largest absolute Gasteiger partial charge is 0.481 e. The molecule has 0 aromatic heterocycles. The van der Waals surface area contributed by atoms with Gasteiger partial charge in [0, 0.05) is 11.5 Å². The minimum atomic E-state index is -1.17. The summed E-state index contributed by atoms with van der Waals surface area (Å²) < 4.78 is 0.622. The number of nitrogens with zero attached hydrogens (tertiary/aromatic N) is 1. The molecule has 0 aromatic rings. The molecule has 0 bridgehead atoms. The molecule has 2 aliphatic rings. The summed E-state index contributed by atoms with van der Waals surface area (Å²) in [4.78, 5) is 47.8. The van der Waals surface area contributed by atoms with Gasteiger partial charge in [0.2, 0.25) is 5.91 Å². The first-order valence-corrected chi connectivity index (χ1v) is 12.4. The van der Waals surface area contributed by atoms with Gasteiger partial charge in [-0.15, -0.1) is 11.8 Å². The molecule has 2 heterocycles. The van der Waals surface area contributed by atoms with Crippen molar-refractivity contribution in [3.63, 3.8) is 0 Å². The summed E-state index contributed by atoms with van der Waals surface area (Å²) in [5.74, 6) is -4.08. The van der Waals surface area contributed by atoms with Gasteiger partial charge in [-0.2, -0.15) is 0 Å². The van der Waals surface area contributed by atoms with E-state index in [1.807, 2.05) is 0 Å². The Bertz CT molecular complexity index is 582. The molecule has 0 unspecified atom stereocenters. The molecule has 3 atom stereocenters. The van der Waals surface area contributed by atoms with Crippen LogP contribution in [0.1, 0.15) is 0 Å². The molecule has 2 fully saturated rings. The minimum Gasteiger partial charge on any atom is -0.481 e.